The number of nitrogens with one attached hydrogen (secondary N) is 2. The molecule has 4 nitrogen and oxygen atoms in total. The first-order valence-corrected chi connectivity index (χ1v) is 7.49. The van der Waals surface area contributed by atoms with E-state index in [4.69, 9.17) is 0 Å². The third kappa shape index (κ3) is 5.41. The molecule has 0 atom stereocenters. The van der Waals surface area contributed by atoms with Crippen LogP contribution in [0.2, 0.25) is 0 Å². The van der Waals surface area contributed by atoms with Crippen LogP contribution in [-0.4, -0.2) is 18.0 Å². The number of hydrogen-bond donors (Lipinski definition) is 2. The van der Waals surface area contributed by atoms with Crippen LogP contribution in [0.5, 0.6) is 0 Å². The minimum absolute atomic E-state index is 0.0426. The normalized spacial score (nSPS) is 11.1. The van der Waals surface area contributed by atoms with Gasteiger partial charge in [-0.1, -0.05) is 18.2 Å². The number of anilines is 1. The van der Waals surface area contributed by atoms with Crippen molar-refractivity contribution in [3.05, 3.63) is 52.2 Å². The lowest BCUT2D eigenvalue weighted by molar-refractivity contribution is -0.167. The zero-order chi connectivity index (χ0) is 16.9. The van der Waals surface area contributed by atoms with Gasteiger partial charge in [0.2, 0.25) is 5.91 Å². The smallest absolute Gasteiger partial charge is 0.352 e. The Morgan fingerprint density at radius 1 is 1.09 bits per heavy atom. The molecule has 0 aliphatic carbocycles. The molecular formula is C15H13F3N2O2S. The van der Waals surface area contributed by atoms with Crippen molar-refractivity contribution in [2.75, 3.05) is 5.32 Å². The number of halogens is 3. The molecule has 0 aliphatic rings. The van der Waals surface area contributed by atoms with Crippen molar-refractivity contribution in [3.63, 3.8) is 0 Å². The van der Waals surface area contributed by atoms with Crippen LogP contribution in [0.25, 0.3) is 0 Å². The molecule has 1 aromatic heterocycles. The molecule has 0 saturated heterocycles. The summed E-state index contributed by atoms with van der Waals surface area (Å²) >= 11 is 1.49. The molecule has 2 rings (SSSR count). The van der Waals surface area contributed by atoms with Crippen molar-refractivity contribution in [3.8, 4) is 0 Å². The Labute approximate surface area is 134 Å². The zero-order valence-electron chi connectivity index (χ0n) is 11.8. The highest BCUT2D eigenvalue weighted by Crippen LogP contribution is 2.18. The van der Waals surface area contributed by atoms with Gasteiger partial charge in [-0.25, -0.2) is 0 Å². The van der Waals surface area contributed by atoms with Crippen molar-refractivity contribution in [1.82, 2.24) is 5.32 Å². The Bertz CT molecular complexity index is 667. The van der Waals surface area contributed by atoms with E-state index in [1.54, 1.807) is 5.32 Å². The molecule has 2 amide bonds. The molecule has 0 fully saturated rings. The lowest BCUT2D eigenvalue weighted by Crippen LogP contribution is -2.29. The maximum Gasteiger partial charge on any atom is 0.471 e. The maximum atomic E-state index is 12.1. The second-order valence-corrected chi connectivity index (χ2v) is 5.71. The van der Waals surface area contributed by atoms with Crippen LogP contribution < -0.4 is 10.6 Å². The number of thiophene rings is 1. The Morgan fingerprint density at radius 3 is 2.35 bits per heavy atom. The average molecular weight is 342 g/mol. The van der Waals surface area contributed by atoms with Gasteiger partial charge in [0.25, 0.3) is 0 Å². The molecule has 8 heteroatoms. The summed E-state index contributed by atoms with van der Waals surface area (Å²) < 4.78 is 36.4. The van der Waals surface area contributed by atoms with Gasteiger partial charge in [-0.2, -0.15) is 13.2 Å². The van der Waals surface area contributed by atoms with Crippen LogP contribution in [0.15, 0.2) is 41.8 Å². The summed E-state index contributed by atoms with van der Waals surface area (Å²) in [5.41, 5.74) is 0.760. The fraction of sp³-hybridized carbons (Fsp3) is 0.200. The van der Waals surface area contributed by atoms with Crippen LogP contribution in [0.3, 0.4) is 0 Å². The second kappa shape index (κ2) is 7.28. The van der Waals surface area contributed by atoms with Crippen molar-refractivity contribution in [2.45, 2.75) is 19.1 Å². The number of carbonyl (C=O) groups excluding carboxylic acids is 2. The summed E-state index contributed by atoms with van der Waals surface area (Å²) in [5.74, 6) is -2.16. The number of benzene rings is 1. The highest BCUT2D eigenvalue weighted by Gasteiger charge is 2.38. The van der Waals surface area contributed by atoms with Crippen LogP contribution >= 0.6 is 11.3 Å². The number of rotatable bonds is 5. The number of carbonyl (C=O) groups is 2. The lowest BCUT2D eigenvalue weighted by Gasteiger charge is -2.09. The van der Waals surface area contributed by atoms with Crippen LogP contribution in [0, 0.1) is 0 Å². The topological polar surface area (TPSA) is 58.2 Å². The van der Waals surface area contributed by atoms with Gasteiger partial charge in [-0.15, -0.1) is 11.3 Å². The molecule has 0 spiro atoms. The molecule has 2 aromatic rings. The first-order chi connectivity index (χ1) is 10.8. The maximum absolute atomic E-state index is 12.1. The van der Waals surface area contributed by atoms with E-state index in [0.29, 0.717) is 0 Å². The van der Waals surface area contributed by atoms with Gasteiger partial charge in [-0.3, -0.25) is 9.59 Å². The first-order valence-electron chi connectivity index (χ1n) is 6.61. The molecule has 0 bridgehead atoms. The van der Waals surface area contributed by atoms with Crippen molar-refractivity contribution >= 4 is 28.8 Å². The highest BCUT2D eigenvalue weighted by atomic mass is 32.1. The molecule has 1 heterocycles. The Balaban J connectivity index is 1.83. The minimum Gasteiger partial charge on any atom is -0.352 e. The van der Waals surface area contributed by atoms with E-state index in [1.165, 1.54) is 35.6 Å². The number of amides is 2. The zero-order valence-corrected chi connectivity index (χ0v) is 12.6. The number of hydrogen-bond acceptors (Lipinski definition) is 3. The summed E-state index contributed by atoms with van der Waals surface area (Å²) in [7, 11) is 0. The Kier molecular flexibility index (Phi) is 5.38. The summed E-state index contributed by atoms with van der Waals surface area (Å²) in [5, 5.41) is 6.36. The van der Waals surface area contributed by atoms with Crippen LogP contribution in [0.1, 0.15) is 10.4 Å². The first kappa shape index (κ1) is 17.0. The summed E-state index contributed by atoms with van der Waals surface area (Å²) in [6.45, 7) is 0.262. The third-order valence-corrected chi connectivity index (χ3v) is 3.75. The van der Waals surface area contributed by atoms with E-state index in [-0.39, 0.29) is 24.6 Å². The molecule has 23 heavy (non-hydrogen) atoms. The van der Waals surface area contributed by atoms with E-state index in [9.17, 15) is 22.8 Å². The molecule has 1 aromatic carbocycles. The van der Waals surface area contributed by atoms with Gasteiger partial charge in [0, 0.05) is 17.1 Å². The van der Waals surface area contributed by atoms with Crippen LogP contribution in [-0.2, 0) is 22.6 Å². The van der Waals surface area contributed by atoms with Gasteiger partial charge in [0.1, 0.15) is 0 Å². The highest BCUT2D eigenvalue weighted by molar-refractivity contribution is 7.10. The lowest BCUT2D eigenvalue weighted by atomic mass is 10.2. The minimum atomic E-state index is -4.92. The van der Waals surface area contributed by atoms with Gasteiger partial charge in [-0.05, 0) is 29.1 Å². The molecule has 2 N–H and O–H groups in total. The van der Waals surface area contributed by atoms with Crippen molar-refractivity contribution in [2.24, 2.45) is 0 Å². The van der Waals surface area contributed by atoms with Crippen molar-refractivity contribution in [1.29, 1.82) is 0 Å². The molecule has 0 radical (unpaired) electrons. The van der Waals surface area contributed by atoms with E-state index in [0.717, 1.165) is 10.4 Å². The second-order valence-electron chi connectivity index (χ2n) is 4.68. The molecule has 0 saturated carbocycles. The SMILES string of the molecule is O=C(Cc1cccs1)NCc1ccc(NC(=O)C(F)(F)F)cc1. The van der Waals surface area contributed by atoms with E-state index in [1.807, 2.05) is 17.5 Å². The molecule has 0 aliphatic heterocycles. The largest absolute Gasteiger partial charge is 0.471 e. The van der Waals surface area contributed by atoms with Crippen LogP contribution in [0.4, 0.5) is 18.9 Å². The quantitative estimate of drug-likeness (QED) is 0.877. The Morgan fingerprint density at radius 2 is 1.78 bits per heavy atom. The summed E-state index contributed by atoms with van der Waals surface area (Å²) in [6.07, 6.45) is -4.63. The molecule has 0 unspecified atom stereocenters. The van der Waals surface area contributed by atoms with E-state index >= 15 is 0 Å². The number of alkyl halides is 3. The standard InChI is InChI=1S/C15H13F3N2O2S/c16-15(17,18)14(22)20-11-5-3-10(4-6-11)9-19-13(21)8-12-2-1-7-23-12/h1-7H,8-9H2,(H,19,21)(H,20,22). The Hall–Kier alpha value is -2.35. The third-order valence-electron chi connectivity index (χ3n) is 2.87. The monoisotopic (exact) mass is 342 g/mol. The summed E-state index contributed by atoms with van der Waals surface area (Å²) in [4.78, 5) is 23.5. The predicted molar refractivity (Wildman–Crippen MR) is 81.0 cm³/mol. The molecular weight excluding hydrogens is 329 g/mol. The average Bonchev–Trinajstić information content (AvgIpc) is 2.98. The predicted octanol–water partition coefficient (Wildman–Crippen LogP) is 3.11. The van der Waals surface area contributed by atoms with Crippen molar-refractivity contribution < 1.29 is 22.8 Å². The summed E-state index contributed by atoms with van der Waals surface area (Å²) in [6, 6.07) is 9.51. The van der Waals surface area contributed by atoms with Gasteiger partial charge >= 0.3 is 12.1 Å². The van der Waals surface area contributed by atoms with E-state index < -0.39 is 12.1 Å². The fourth-order valence-electron chi connectivity index (χ4n) is 1.74. The van der Waals surface area contributed by atoms with E-state index in [2.05, 4.69) is 5.32 Å². The molecule has 122 valence electrons. The van der Waals surface area contributed by atoms with Gasteiger partial charge < -0.3 is 10.6 Å². The van der Waals surface area contributed by atoms with Gasteiger partial charge in [0.15, 0.2) is 0 Å². The van der Waals surface area contributed by atoms with Gasteiger partial charge in [0.05, 0.1) is 6.42 Å². The fourth-order valence-corrected chi connectivity index (χ4v) is 2.45.